The fourth-order valence-corrected chi connectivity index (χ4v) is 4.91. The van der Waals surface area contributed by atoms with Gasteiger partial charge in [0.2, 0.25) is 0 Å². The summed E-state index contributed by atoms with van der Waals surface area (Å²) in [6.07, 6.45) is 0. The summed E-state index contributed by atoms with van der Waals surface area (Å²) in [5.41, 5.74) is 4.31. The highest BCUT2D eigenvalue weighted by Crippen LogP contribution is 2.24. The molecule has 0 saturated carbocycles. The maximum Gasteiger partial charge on any atom is 0.279 e. The minimum Gasteiger partial charge on any atom is -0.317 e. The summed E-state index contributed by atoms with van der Waals surface area (Å²) in [6, 6.07) is 12.1. The third-order valence-electron chi connectivity index (χ3n) is 4.26. The highest BCUT2D eigenvalue weighted by Gasteiger charge is 2.10. The van der Waals surface area contributed by atoms with Gasteiger partial charge in [0.1, 0.15) is 0 Å². The highest BCUT2D eigenvalue weighted by atomic mass is 32.2. The molecule has 3 rings (SSSR count). The van der Waals surface area contributed by atoms with Crippen molar-refractivity contribution in [3.8, 4) is 0 Å². The van der Waals surface area contributed by atoms with Crippen LogP contribution < -0.4 is 4.80 Å². The lowest BCUT2D eigenvalue weighted by Crippen LogP contribution is -2.16. The molecule has 3 nitrogen and oxygen atoms in total. The van der Waals surface area contributed by atoms with Gasteiger partial charge in [0.05, 0.1) is 10.2 Å². The molecule has 0 aliphatic heterocycles. The number of nitrogens with zero attached hydrogens (tertiary/aromatic N) is 2. The Bertz CT molecular complexity index is 1030. The Hall–Kier alpha value is -1.85. The van der Waals surface area contributed by atoms with Crippen molar-refractivity contribution in [3.05, 3.63) is 57.9 Å². The van der Waals surface area contributed by atoms with Gasteiger partial charge in [0, 0.05) is 22.3 Å². The summed E-state index contributed by atoms with van der Waals surface area (Å²) < 4.78 is 3.29. The number of amides is 1. The lowest BCUT2D eigenvalue weighted by molar-refractivity contribution is 0.0997. The molecule has 0 radical (unpaired) electrons. The minimum absolute atomic E-state index is 0.182. The number of aromatic nitrogens is 1. The second-order valence-electron chi connectivity index (χ2n) is 6.64. The van der Waals surface area contributed by atoms with E-state index in [0.29, 0.717) is 10.8 Å². The van der Waals surface area contributed by atoms with Crippen molar-refractivity contribution in [1.29, 1.82) is 0 Å². The predicted molar refractivity (Wildman–Crippen MR) is 112 cm³/mol. The van der Waals surface area contributed by atoms with Crippen LogP contribution in [0.2, 0.25) is 0 Å². The van der Waals surface area contributed by atoms with Crippen LogP contribution in [0.15, 0.2) is 46.3 Å². The van der Waals surface area contributed by atoms with Gasteiger partial charge in [0.15, 0.2) is 4.80 Å². The first-order valence-electron chi connectivity index (χ1n) is 8.85. The number of hydrogen-bond donors (Lipinski definition) is 0. The van der Waals surface area contributed by atoms with Gasteiger partial charge in [0.25, 0.3) is 5.91 Å². The van der Waals surface area contributed by atoms with Crippen LogP contribution in [0.3, 0.4) is 0 Å². The van der Waals surface area contributed by atoms with E-state index in [1.54, 1.807) is 23.1 Å². The SMILES string of the molecule is CCn1c(=NC(=O)c2cccc(SC(C)C)c2)sc2cc(C)c(C)cc21. The van der Waals surface area contributed by atoms with Crippen molar-refractivity contribution < 1.29 is 4.79 Å². The van der Waals surface area contributed by atoms with Crippen LogP contribution in [-0.4, -0.2) is 15.7 Å². The van der Waals surface area contributed by atoms with E-state index in [2.05, 4.69) is 56.3 Å². The van der Waals surface area contributed by atoms with Gasteiger partial charge in [-0.3, -0.25) is 4.79 Å². The lowest BCUT2D eigenvalue weighted by Gasteiger charge is -2.05. The van der Waals surface area contributed by atoms with Gasteiger partial charge in [-0.05, 0) is 62.2 Å². The van der Waals surface area contributed by atoms with E-state index in [0.717, 1.165) is 21.8 Å². The van der Waals surface area contributed by atoms with E-state index in [-0.39, 0.29) is 5.91 Å². The zero-order chi connectivity index (χ0) is 18.8. The minimum atomic E-state index is -0.182. The first-order valence-corrected chi connectivity index (χ1v) is 10.5. The van der Waals surface area contributed by atoms with Crippen molar-refractivity contribution in [2.24, 2.45) is 4.99 Å². The molecule has 0 aliphatic rings. The maximum absolute atomic E-state index is 12.7. The molecule has 3 aromatic rings. The fourth-order valence-electron chi connectivity index (χ4n) is 2.84. The Morgan fingerprint density at radius 1 is 1.19 bits per heavy atom. The number of thioether (sulfide) groups is 1. The molecule has 5 heteroatoms. The first kappa shape index (κ1) is 18.9. The largest absolute Gasteiger partial charge is 0.317 e. The number of carbonyl (C=O) groups is 1. The summed E-state index contributed by atoms with van der Waals surface area (Å²) in [4.78, 5) is 19.1. The summed E-state index contributed by atoms with van der Waals surface area (Å²) in [5, 5.41) is 0.480. The maximum atomic E-state index is 12.7. The molecule has 0 atom stereocenters. The van der Waals surface area contributed by atoms with Crippen LogP contribution in [0, 0.1) is 13.8 Å². The second kappa shape index (κ2) is 7.80. The lowest BCUT2D eigenvalue weighted by atomic mass is 10.1. The van der Waals surface area contributed by atoms with E-state index in [1.807, 2.05) is 24.3 Å². The Morgan fingerprint density at radius 3 is 2.62 bits per heavy atom. The Balaban J connectivity index is 2.05. The van der Waals surface area contributed by atoms with Gasteiger partial charge in [-0.25, -0.2) is 0 Å². The molecule has 1 aromatic heterocycles. The van der Waals surface area contributed by atoms with E-state index >= 15 is 0 Å². The zero-order valence-electron chi connectivity index (χ0n) is 15.9. The van der Waals surface area contributed by atoms with Crippen LogP contribution in [0.4, 0.5) is 0 Å². The van der Waals surface area contributed by atoms with Gasteiger partial charge < -0.3 is 4.57 Å². The monoisotopic (exact) mass is 384 g/mol. The molecule has 2 aromatic carbocycles. The Kier molecular flexibility index (Phi) is 5.68. The third-order valence-corrected chi connectivity index (χ3v) is 6.30. The van der Waals surface area contributed by atoms with E-state index in [4.69, 9.17) is 0 Å². The number of thiazole rings is 1. The summed E-state index contributed by atoms with van der Waals surface area (Å²) in [7, 11) is 0. The first-order chi connectivity index (χ1) is 12.4. The van der Waals surface area contributed by atoms with Crippen LogP contribution in [0.5, 0.6) is 0 Å². The van der Waals surface area contributed by atoms with Crippen molar-refractivity contribution in [1.82, 2.24) is 4.57 Å². The Morgan fingerprint density at radius 2 is 1.92 bits per heavy atom. The van der Waals surface area contributed by atoms with Crippen LogP contribution >= 0.6 is 23.1 Å². The average Bonchev–Trinajstić information content (AvgIpc) is 2.90. The van der Waals surface area contributed by atoms with E-state index in [9.17, 15) is 4.79 Å². The van der Waals surface area contributed by atoms with Gasteiger partial charge in [-0.1, -0.05) is 31.3 Å². The van der Waals surface area contributed by atoms with Crippen molar-refractivity contribution >= 4 is 39.2 Å². The number of benzene rings is 2. The molecule has 0 bridgehead atoms. The quantitative estimate of drug-likeness (QED) is 0.550. The number of rotatable bonds is 4. The molecular formula is C21H24N2OS2. The highest BCUT2D eigenvalue weighted by molar-refractivity contribution is 7.99. The van der Waals surface area contributed by atoms with Crippen LogP contribution in [0.25, 0.3) is 10.2 Å². The molecule has 0 aliphatic carbocycles. The van der Waals surface area contributed by atoms with Crippen molar-refractivity contribution in [2.45, 2.75) is 51.3 Å². The molecule has 0 spiro atoms. The summed E-state index contributed by atoms with van der Waals surface area (Å²) >= 11 is 3.33. The smallest absolute Gasteiger partial charge is 0.279 e. The fraction of sp³-hybridized carbons (Fsp3) is 0.333. The molecule has 26 heavy (non-hydrogen) atoms. The predicted octanol–water partition coefficient (Wildman–Crippen LogP) is 5.58. The molecule has 136 valence electrons. The molecule has 1 heterocycles. The number of carbonyl (C=O) groups excluding carboxylic acids is 1. The second-order valence-corrected chi connectivity index (χ2v) is 9.30. The summed E-state index contributed by atoms with van der Waals surface area (Å²) in [6.45, 7) is 11.4. The molecule has 0 fully saturated rings. The number of hydrogen-bond acceptors (Lipinski definition) is 3. The van der Waals surface area contributed by atoms with Crippen LogP contribution in [0.1, 0.15) is 42.3 Å². The summed E-state index contributed by atoms with van der Waals surface area (Å²) in [5.74, 6) is -0.182. The molecule has 1 amide bonds. The van der Waals surface area contributed by atoms with Gasteiger partial charge >= 0.3 is 0 Å². The molecule has 0 unspecified atom stereocenters. The normalized spacial score (nSPS) is 12.3. The molecule has 0 N–H and O–H groups in total. The van der Waals surface area contributed by atoms with Gasteiger partial charge in [-0.2, -0.15) is 4.99 Å². The number of fused-ring (bicyclic) bond motifs is 1. The zero-order valence-corrected chi connectivity index (χ0v) is 17.5. The molecule has 0 saturated heterocycles. The van der Waals surface area contributed by atoms with Crippen molar-refractivity contribution in [3.63, 3.8) is 0 Å². The van der Waals surface area contributed by atoms with Crippen molar-refractivity contribution in [2.75, 3.05) is 0 Å². The van der Waals surface area contributed by atoms with E-state index < -0.39 is 0 Å². The van der Waals surface area contributed by atoms with Gasteiger partial charge in [-0.15, -0.1) is 11.8 Å². The average molecular weight is 385 g/mol. The standard InChI is InChI=1S/C21H24N2OS2/c1-6-23-18-10-14(4)15(5)11-19(18)26-21(23)22-20(24)16-8-7-9-17(12-16)25-13(2)3/h7-13H,6H2,1-5H3. The number of aryl methyl sites for hydroxylation is 3. The van der Waals surface area contributed by atoms with Crippen LogP contribution in [-0.2, 0) is 6.54 Å². The Labute approximate surface area is 162 Å². The third kappa shape index (κ3) is 3.94. The topological polar surface area (TPSA) is 34.4 Å². The molecular weight excluding hydrogens is 360 g/mol. The van der Waals surface area contributed by atoms with E-state index in [1.165, 1.54) is 15.8 Å².